The zero-order chi connectivity index (χ0) is 17.6. The summed E-state index contributed by atoms with van der Waals surface area (Å²) in [5.41, 5.74) is 7.04. The number of rotatable bonds is 9. The molecule has 0 aromatic carbocycles. The average Bonchev–Trinajstić information content (AvgIpc) is 2.53. The Bertz CT molecular complexity index is 703. The van der Waals surface area contributed by atoms with E-state index in [1.54, 1.807) is 13.1 Å². The highest BCUT2D eigenvalue weighted by Gasteiger charge is 2.26. The summed E-state index contributed by atoms with van der Waals surface area (Å²) in [7, 11) is 0. The topological polar surface area (TPSA) is 93.8 Å². The van der Waals surface area contributed by atoms with Gasteiger partial charge in [0.25, 0.3) is 0 Å². The molecular formula is C18H27N5O. The largest absolute Gasteiger partial charge is 0.368 e. The zero-order valence-corrected chi connectivity index (χ0v) is 14.8. The van der Waals surface area contributed by atoms with Crippen LogP contribution < -0.4 is 11.1 Å². The third-order valence-corrected chi connectivity index (χ3v) is 4.25. The molecule has 0 aliphatic carbocycles. The number of hydrogen-bond acceptors (Lipinski definition) is 6. The summed E-state index contributed by atoms with van der Waals surface area (Å²) in [4.78, 5) is 24.4. The molecule has 0 aliphatic rings. The molecule has 6 nitrogen and oxygen atoms in total. The van der Waals surface area contributed by atoms with Crippen LogP contribution in [0.1, 0.15) is 59.3 Å². The lowest BCUT2D eigenvalue weighted by molar-refractivity contribution is -0.117. The molecule has 2 rings (SSSR count). The van der Waals surface area contributed by atoms with E-state index < -0.39 is 0 Å². The van der Waals surface area contributed by atoms with Gasteiger partial charge in [0.2, 0.25) is 5.95 Å². The highest BCUT2D eigenvalue weighted by molar-refractivity contribution is 5.86. The SMILES string of the molecule is CCCCC[C@@](C)(CCC(C)=O)Nc1nc(N)nc2cccnc12. The summed E-state index contributed by atoms with van der Waals surface area (Å²) < 4.78 is 0. The van der Waals surface area contributed by atoms with E-state index >= 15 is 0 Å². The van der Waals surface area contributed by atoms with Crippen molar-refractivity contribution >= 4 is 28.6 Å². The standard InChI is InChI=1S/C18H27N5O/c1-4-5-6-10-18(3,11-9-13(2)24)23-16-15-14(8-7-12-20-15)21-17(19)22-16/h7-8,12H,4-6,9-11H2,1-3H3,(H3,19,21,22,23)/t18-/m0/s1. The minimum atomic E-state index is -0.230. The summed E-state index contributed by atoms with van der Waals surface area (Å²) in [6.45, 7) is 5.95. The van der Waals surface area contributed by atoms with Crippen LogP contribution in [0.2, 0.25) is 0 Å². The second-order valence-electron chi connectivity index (χ2n) is 6.65. The van der Waals surface area contributed by atoms with Crippen molar-refractivity contribution in [2.24, 2.45) is 0 Å². The van der Waals surface area contributed by atoms with Gasteiger partial charge in [0, 0.05) is 18.2 Å². The molecule has 0 spiro atoms. The molecule has 0 saturated carbocycles. The lowest BCUT2D eigenvalue weighted by Gasteiger charge is -2.32. The first-order chi connectivity index (χ1) is 11.4. The first kappa shape index (κ1) is 18.1. The molecule has 3 N–H and O–H groups in total. The molecule has 24 heavy (non-hydrogen) atoms. The number of nitrogen functional groups attached to an aromatic ring is 1. The van der Waals surface area contributed by atoms with Crippen molar-refractivity contribution in [3.8, 4) is 0 Å². The van der Waals surface area contributed by atoms with Crippen LogP contribution in [0.5, 0.6) is 0 Å². The van der Waals surface area contributed by atoms with E-state index in [9.17, 15) is 4.79 Å². The van der Waals surface area contributed by atoms with Crippen molar-refractivity contribution in [2.45, 2.75) is 64.8 Å². The Morgan fingerprint density at radius 3 is 2.79 bits per heavy atom. The number of nitrogens with two attached hydrogens (primary N) is 1. The van der Waals surface area contributed by atoms with Crippen LogP contribution >= 0.6 is 0 Å². The van der Waals surface area contributed by atoms with Crippen LogP contribution in [0.4, 0.5) is 11.8 Å². The van der Waals surface area contributed by atoms with Crippen LogP contribution in [0, 0.1) is 0 Å². The van der Waals surface area contributed by atoms with Gasteiger partial charge in [0.1, 0.15) is 11.3 Å². The second kappa shape index (κ2) is 8.04. The van der Waals surface area contributed by atoms with Gasteiger partial charge in [-0.2, -0.15) is 4.98 Å². The number of Topliss-reactive ketones (excluding diaryl/α,β-unsaturated/α-hetero) is 1. The number of fused-ring (bicyclic) bond motifs is 1. The fourth-order valence-electron chi connectivity index (χ4n) is 2.83. The maximum Gasteiger partial charge on any atom is 0.222 e. The Labute approximate surface area is 143 Å². The third kappa shape index (κ3) is 4.88. The number of ketones is 1. The number of carbonyl (C=O) groups is 1. The van der Waals surface area contributed by atoms with Gasteiger partial charge in [-0.05, 0) is 38.8 Å². The minimum Gasteiger partial charge on any atom is -0.368 e. The number of nitrogens with one attached hydrogen (secondary N) is 1. The van der Waals surface area contributed by atoms with Gasteiger partial charge >= 0.3 is 0 Å². The lowest BCUT2D eigenvalue weighted by atomic mass is 9.88. The van der Waals surface area contributed by atoms with E-state index in [1.165, 1.54) is 6.42 Å². The number of anilines is 2. The molecular weight excluding hydrogens is 302 g/mol. The number of pyridine rings is 1. The summed E-state index contributed by atoms with van der Waals surface area (Å²) in [5.74, 6) is 1.06. The zero-order valence-electron chi connectivity index (χ0n) is 14.8. The maximum atomic E-state index is 11.5. The number of carbonyl (C=O) groups excluding carboxylic acids is 1. The lowest BCUT2D eigenvalue weighted by Crippen LogP contribution is -2.36. The van der Waals surface area contributed by atoms with Crippen LogP contribution in [-0.4, -0.2) is 26.3 Å². The van der Waals surface area contributed by atoms with Gasteiger partial charge in [-0.3, -0.25) is 4.98 Å². The van der Waals surface area contributed by atoms with Crippen molar-refractivity contribution < 1.29 is 4.79 Å². The molecule has 130 valence electrons. The monoisotopic (exact) mass is 329 g/mol. The molecule has 0 bridgehead atoms. The Morgan fingerprint density at radius 1 is 1.29 bits per heavy atom. The summed E-state index contributed by atoms with van der Waals surface area (Å²) in [6, 6.07) is 3.70. The minimum absolute atomic E-state index is 0.198. The first-order valence-corrected chi connectivity index (χ1v) is 8.59. The van der Waals surface area contributed by atoms with Gasteiger partial charge in [-0.25, -0.2) is 4.98 Å². The highest BCUT2D eigenvalue weighted by atomic mass is 16.1. The molecule has 2 heterocycles. The summed E-state index contributed by atoms with van der Waals surface area (Å²) in [6.07, 6.45) is 7.41. The van der Waals surface area contributed by atoms with Gasteiger partial charge in [0.05, 0.1) is 5.52 Å². The summed E-state index contributed by atoms with van der Waals surface area (Å²) >= 11 is 0. The van der Waals surface area contributed by atoms with Crippen LogP contribution in [0.15, 0.2) is 18.3 Å². The first-order valence-electron chi connectivity index (χ1n) is 8.59. The van der Waals surface area contributed by atoms with Crippen molar-refractivity contribution in [3.05, 3.63) is 18.3 Å². The summed E-state index contributed by atoms with van der Waals surface area (Å²) in [5, 5.41) is 3.51. The Kier molecular flexibility index (Phi) is 6.06. The Balaban J connectivity index is 2.29. The number of hydrogen-bond donors (Lipinski definition) is 2. The van der Waals surface area contributed by atoms with E-state index in [-0.39, 0.29) is 17.3 Å². The van der Waals surface area contributed by atoms with Crippen LogP contribution in [0.3, 0.4) is 0 Å². The van der Waals surface area contributed by atoms with Crippen molar-refractivity contribution in [3.63, 3.8) is 0 Å². The third-order valence-electron chi connectivity index (χ3n) is 4.25. The predicted octanol–water partition coefficient (Wildman–Crippen LogP) is 3.73. The van der Waals surface area contributed by atoms with Crippen LogP contribution in [-0.2, 0) is 4.79 Å². The molecule has 0 saturated heterocycles. The number of unbranched alkanes of at least 4 members (excludes halogenated alkanes) is 2. The van der Waals surface area contributed by atoms with E-state index in [0.717, 1.165) is 31.2 Å². The fourth-order valence-corrected chi connectivity index (χ4v) is 2.83. The molecule has 2 aromatic heterocycles. The maximum absolute atomic E-state index is 11.5. The highest BCUT2D eigenvalue weighted by Crippen LogP contribution is 2.28. The molecule has 1 atom stereocenters. The number of aromatic nitrogens is 3. The Hall–Kier alpha value is -2.24. The van der Waals surface area contributed by atoms with Crippen molar-refractivity contribution in [2.75, 3.05) is 11.1 Å². The molecule has 0 amide bonds. The van der Waals surface area contributed by atoms with Gasteiger partial charge in [-0.15, -0.1) is 0 Å². The van der Waals surface area contributed by atoms with E-state index in [0.29, 0.717) is 17.8 Å². The quantitative estimate of drug-likeness (QED) is 0.681. The molecule has 0 fully saturated rings. The molecule has 2 aromatic rings. The molecule has 6 heteroatoms. The number of nitrogens with zero attached hydrogens (tertiary/aromatic N) is 3. The fraction of sp³-hybridized carbons (Fsp3) is 0.556. The van der Waals surface area contributed by atoms with Crippen LogP contribution in [0.25, 0.3) is 11.0 Å². The van der Waals surface area contributed by atoms with E-state index in [1.807, 2.05) is 12.1 Å². The predicted molar refractivity (Wildman–Crippen MR) is 97.8 cm³/mol. The molecule has 0 unspecified atom stereocenters. The molecule has 0 aliphatic heterocycles. The normalized spacial score (nSPS) is 13.6. The van der Waals surface area contributed by atoms with E-state index in [2.05, 4.69) is 34.1 Å². The van der Waals surface area contributed by atoms with E-state index in [4.69, 9.17) is 5.73 Å². The van der Waals surface area contributed by atoms with Crippen molar-refractivity contribution in [1.29, 1.82) is 0 Å². The van der Waals surface area contributed by atoms with Gasteiger partial charge in [-0.1, -0.05) is 26.2 Å². The second-order valence-corrected chi connectivity index (χ2v) is 6.65. The Morgan fingerprint density at radius 2 is 2.08 bits per heavy atom. The van der Waals surface area contributed by atoms with Gasteiger partial charge in [0.15, 0.2) is 5.82 Å². The smallest absolute Gasteiger partial charge is 0.222 e. The average molecular weight is 329 g/mol. The molecule has 0 radical (unpaired) electrons. The van der Waals surface area contributed by atoms with Crippen molar-refractivity contribution in [1.82, 2.24) is 15.0 Å². The van der Waals surface area contributed by atoms with Gasteiger partial charge < -0.3 is 15.8 Å².